The zero-order chi connectivity index (χ0) is 89.6. The third-order valence-electron chi connectivity index (χ3n) is 14.3. The topological polar surface area (TPSA) is 741 Å². The maximum absolute atomic E-state index is 11.1. The first-order valence-corrected chi connectivity index (χ1v) is 38.6. The van der Waals surface area contributed by atoms with E-state index in [0.29, 0.717) is 0 Å². The summed E-state index contributed by atoms with van der Waals surface area (Å²) in [6, 6.07) is 6.30. The molecule has 54 nitrogen and oxygen atoms in total. The van der Waals surface area contributed by atoms with Gasteiger partial charge in [0, 0.05) is 0 Å². The Morgan fingerprint density at radius 1 is 0.213 bits per heavy atom. The number of benzene rings is 1. The van der Waals surface area contributed by atoms with E-state index in [1.54, 1.807) is 12.1 Å². The first-order valence-electron chi connectivity index (χ1n) is 38.6. The van der Waals surface area contributed by atoms with Gasteiger partial charge in [0.25, 0.3) is 11.8 Å². The first kappa shape index (κ1) is 118. The van der Waals surface area contributed by atoms with Crippen LogP contribution in [0.15, 0.2) is 24.3 Å². The summed E-state index contributed by atoms with van der Waals surface area (Å²) < 4.78 is 148. The van der Waals surface area contributed by atoms with Crippen LogP contribution in [0.3, 0.4) is 0 Å². The predicted molar refractivity (Wildman–Crippen MR) is 406 cm³/mol. The van der Waals surface area contributed by atoms with Crippen LogP contribution in [0.4, 0.5) is 0 Å². The SMILES string of the molecule is NOCCOCC(COCC(OCCON)OCC(OCCON)OCC(OCCON)OCC(OCCON)OCC(COCCON)OCCON)OCCON.O=C1c2ccccc2C(=O)N1O.OCCOCC(COCC(OCCO)OCC(OCCO)OCC(OCCO)OCC(OCCO)OCC(COCCO)OCCO)OCCO. The monoisotopic (exact) mass is 1800 g/mol. The smallest absolute Gasteiger partial charge is 0.285 e. The maximum Gasteiger partial charge on any atom is 0.285 e. The molecule has 122 heavy (non-hydrogen) atoms. The van der Waals surface area contributed by atoms with Crippen molar-refractivity contribution in [2.24, 2.45) is 47.2 Å². The van der Waals surface area contributed by atoms with Gasteiger partial charge in [0.05, 0.1) is 289 Å². The van der Waals surface area contributed by atoms with Gasteiger partial charge in [0.15, 0.2) is 50.3 Å². The Labute approximate surface area is 706 Å². The number of hydrogen-bond donors (Lipinski definition) is 17. The van der Waals surface area contributed by atoms with Crippen LogP contribution >= 0.6 is 0 Å². The van der Waals surface area contributed by atoms with E-state index in [0.717, 1.165) is 0 Å². The minimum Gasteiger partial charge on any atom is -0.394 e. The lowest BCUT2D eigenvalue weighted by atomic mass is 10.1. The molecular formula is C68H137N9O45. The molecule has 0 radical (unpaired) electrons. The molecule has 12 atom stereocenters. The van der Waals surface area contributed by atoms with E-state index in [2.05, 4.69) is 38.7 Å². The molecule has 0 bridgehead atoms. The maximum atomic E-state index is 11.1. The van der Waals surface area contributed by atoms with Crippen LogP contribution in [0.1, 0.15) is 20.7 Å². The fraction of sp³-hybridized carbons (Fsp3) is 0.882. The molecule has 0 spiro atoms. The number of aliphatic hydroxyl groups is 8. The van der Waals surface area contributed by atoms with Crippen molar-refractivity contribution in [3.05, 3.63) is 35.4 Å². The van der Waals surface area contributed by atoms with Crippen molar-refractivity contribution in [1.29, 1.82) is 0 Å². The Balaban J connectivity index is 0.00000211. The normalized spacial score (nSPS) is 15.3. The molecule has 2 rings (SSSR count). The van der Waals surface area contributed by atoms with Crippen molar-refractivity contribution >= 4 is 11.8 Å². The number of carbonyl (C=O) groups is 2. The highest BCUT2D eigenvalue weighted by Crippen LogP contribution is 2.20. The zero-order valence-electron chi connectivity index (χ0n) is 69.0. The molecule has 1 aliphatic rings. The second-order valence-electron chi connectivity index (χ2n) is 23.6. The lowest BCUT2D eigenvalue weighted by Crippen LogP contribution is -2.38. The van der Waals surface area contributed by atoms with Crippen LogP contribution in [-0.2, 0) is 162 Å². The number of nitrogens with zero attached hydrogens (tertiary/aromatic N) is 1. The predicted octanol–water partition coefficient (Wildman–Crippen LogP) is -9.78. The van der Waals surface area contributed by atoms with Crippen LogP contribution < -0.4 is 47.2 Å². The molecule has 0 saturated heterocycles. The Morgan fingerprint density at radius 3 is 0.656 bits per heavy atom. The van der Waals surface area contributed by atoms with Gasteiger partial charge in [0.1, 0.15) is 64.1 Å². The largest absolute Gasteiger partial charge is 0.394 e. The number of nitrogens with two attached hydrogens (primary N) is 8. The quantitative estimate of drug-likeness (QED) is 0.00947. The van der Waals surface area contributed by atoms with Gasteiger partial charge in [-0.05, 0) is 12.1 Å². The van der Waals surface area contributed by atoms with Crippen LogP contribution in [0.2, 0.25) is 0 Å². The van der Waals surface area contributed by atoms with Gasteiger partial charge in [-0.25, -0.2) is 47.2 Å². The van der Waals surface area contributed by atoms with Gasteiger partial charge >= 0.3 is 0 Å². The second kappa shape index (κ2) is 89.3. The van der Waals surface area contributed by atoms with Gasteiger partial charge in [-0.3, -0.25) is 14.8 Å². The van der Waals surface area contributed by atoms with E-state index in [1.165, 1.54) is 12.1 Å². The third-order valence-corrected chi connectivity index (χ3v) is 14.3. The van der Waals surface area contributed by atoms with Gasteiger partial charge in [-0.1, -0.05) is 12.1 Å². The molecule has 1 heterocycles. The van der Waals surface area contributed by atoms with Gasteiger partial charge in [-0.15, -0.1) is 5.06 Å². The molecule has 0 aromatic heterocycles. The van der Waals surface area contributed by atoms with Crippen LogP contribution in [-0.4, -0.2) is 455 Å². The van der Waals surface area contributed by atoms with Gasteiger partial charge in [0.2, 0.25) is 0 Å². The zero-order valence-corrected chi connectivity index (χ0v) is 69.0. The summed E-state index contributed by atoms with van der Waals surface area (Å²) in [6.45, 7) is -1.15. The van der Waals surface area contributed by atoms with E-state index >= 15 is 0 Å². The molecule has 1 aliphatic heterocycles. The van der Waals surface area contributed by atoms with Crippen molar-refractivity contribution in [1.82, 2.24) is 5.06 Å². The van der Waals surface area contributed by atoms with E-state index in [9.17, 15) is 30.0 Å². The van der Waals surface area contributed by atoms with Crippen LogP contribution in [0.25, 0.3) is 0 Å². The molecule has 724 valence electrons. The molecule has 1 aromatic carbocycles. The molecule has 0 aliphatic carbocycles. The molecule has 0 fully saturated rings. The Bertz CT molecular complexity index is 2350. The number of hydrogen-bond acceptors (Lipinski definition) is 53. The molecule has 0 saturated carbocycles. The Kier molecular flexibility index (Phi) is 86.6. The van der Waals surface area contributed by atoms with Crippen molar-refractivity contribution in [3.63, 3.8) is 0 Å². The lowest BCUT2D eigenvalue weighted by Gasteiger charge is -2.27. The fourth-order valence-electron chi connectivity index (χ4n) is 8.86. The molecule has 12 unspecified atom stereocenters. The number of imide groups is 1. The summed E-state index contributed by atoms with van der Waals surface area (Å²) in [6.07, 6.45) is -10.4. The summed E-state index contributed by atoms with van der Waals surface area (Å²) in [5, 5.41) is 82.2. The average Bonchev–Trinajstić information content (AvgIpc) is 1.65. The van der Waals surface area contributed by atoms with E-state index in [4.69, 9.17) is 196 Å². The Morgan fingerprint density at radius 2 is 0.402 bits per heavy atom. The Hall–Kier alpha value is -3.68. The summed E-state index contributed by atoms with van der Waals surface area (Å²) in [5.41, 5.74) is 0.509. The fourth-order valence-corrected chi connectivity index (χ4v) is 8.86. The van der Waals surface area contributed by atoms with Crippen molar-refractivity contribution in [2.45, 2.75) is 74.7 Å². The minimum absolute atomic E-state index is 0.00432. The first-order chi connectivity index (χ1) is 59.7. The van der Waals surface area contributed by atoms with E-state index < -0.39 is 86.6 Å². The van der Waals surface area contributed by atoms with Crippen molar-refractivity contribution in [2.75, 3.05) is 317 Å². The summed E-state index contributed by atoms with van der Waals surface area (Å²) >= 11 is 0. The number of aliphatic hydroxyl groups excluding tert-OH is 8. The van der Waals surface area contributed by atoms with Gasteiger partial charge in [-0.2, -0.15) is 0 Å². The number of fused-ring (bicyclic) bond motifs is 1. The minimum atomic E-state index is -1.08. The number of rotatable bonds is 92. The number of amides is 2. The van der Waals surface area contributed by atoms with E-state index in [1.807, 2.05) is 0 Å². The molecular weight excluding hydrogens is 1660 g/mol. The number of ether oxygens (including phenoxy) is 26. The molecule has 2 amide bonds. The van der Waals surface area contributed by atoms with Crippen molar-refractivity contribution in [3.8, 4) is 0 Å². The standard InChI is InChI=1S/C30H70N8O21.C30H62O21.C8H5NO3/c31-52-9-1-39-17-25(42-3-11-54-33)19-41-21-27(44-5-13-56-35)49-23-29(46-7-15-58-37)51-24-30(47-8-16-59-38)50-22-28(45-6-14-57-36)48-20-26(43-4-12-55-34)18-40-2-10-53-32;31-1-9-39-17-25(42-11-3-33)19-41-21-27(44-13-5-35)49-23-29(46-15-7-37)51-24-30(47-16-8-38)50-22-28(45-14-6-36)48-20-26(43-12-4-34)18-40-10-2-32;10-7-5-3-1-2-4-6(5)8(11)9(7)12/h25-30H,1-24,31-38H2;25-38H,1-24H2;1-4,12H. The second-order valence-corrected chi connectivity index (χ2v) is 23.6. The number of carbonyl (C=O) groups excluding carboxylic acids is 2. The van der Waals surface area contributed by atoms with Gasteiger partial charge < -0.3 is 203 Å². The lowest BCUT2D eigenvalue weighted by molar-refractivity contribution is -0.270. The van der Waals surface area contributed by atoms with Crippen LogP contribution in [0, 0.1) is 0 Å². The third kappa shape index (κ3) is 67.6. The van der Waals surface area contributed by atoms with E-state index in [-0.39, 0.29) is 333 Å². The highest BCUT2D eigenvalue weighted by Gasteiger charge is 2.34. The highest BCUT2D eigenvalue weighted by molar-refractivity contribution is 6.20. The molecule has 25 N–H and O–H groups in total. The van der Waals surface area contributed by atoms with Crippen molar-refractivity contribution < 1.29 is 218 Å². The summed E-state index contributed by atoms with van der Waals surface area (Å²) in [4.78, 5) is 58.8. The van der Waals surface area contributed by atoms with Crippen LogP contribution in [0.5, 0.6) is 0 Å². The highest BCUT2D eigenvalue weighted by atomic mass is 16.8. The molecule has 1 aromatic rings. The summed E-state index contributed by atoms with van der Waals surface area (Å²) in [7, 11) is 0. The average molecular weight is 1800 g/mol. The molecule has 54 heteroatoms. The summed E-state index contributed by atoms with van der Waals surface area (Å²) in [5.74, 6) is 39.7. The number of hydroxylamine groups is 2.